The van der Waals surface area contributed by atoms with Gasteiger partial charge >= 0.3 is 0 Å². The summed E-state index contributed by atoms with van der Waals surface area (Å²) in [6.45, 7) is 1.93. The lowest BCUT2D eigenvalue weighted by atomic mass is 10.3. The molecule has 6 nitrogen and oxygen atoms in total. The number of carbonyl (C=O) groups is 1. The Hall–Kier alpha value is -2.97. The first-order chi connectivity index (χ1) is 15.2. The van der Waals surface area contributed by atoms with Crippen molar-refractivity contribution < 1.29 is 4.79 Å². The first kappa shape index (κ1) is 20.0. The second-order valence-electron chi connectivity index (χ2n) is 7.40. The van der Waals surface area contributed by atoms with Crippen molar-refractivity contribution in [3.05, 3.63) is 77.6 Å². The van der Waals surface area contributed by atoms with E-state index in [1.54, 1.807) is 4.90 Å². The number of para-hydroxylation sites is 2. The molecule has 1 saturated carbocycles. The molecule has 0 bridgehead atoms. The van der Waals surface area contributed by atoms with E-state index in [0.29, 0.717) is 16.2 Å². The van der Waals surface area contributed by atoms with Crippen LogP contribution in [0.1, 0.15) is 30.3 Å². The molecule has 0 atom stereocenters. The topological polar surface area (TPSA) is 63.9 Å². The first-order valence-corrected chi connectivity index (χ1v) is 12.0. The average molecular weight is 448 g/mol. The molecule has 1 aliphatic rings. The van der Waals surface area contributed by atoms with Gasteiger partial charge in [0.25, 0.3) is 0 Å². The third kappa shape index (κ3) is 4.40. The fourth-order valence-corrected chi connectivity index (χ4v) is 4.82. The molecule has 0 saturated heterocycles. The van der Waals surface area contributed by atoms with Gasteiger partial charge in [0.1, 0.15) is 5.82 Å². The van der Waals surface area contributed by atoms with Crippen LogP contribution in [0.25, 0.3) is 5.69 Å². The van der Waals surface area contributed by atoms with Gasteiger partial charge in [0, 0.05) is 11.3 Å². The predicted molar refractivity (Wildman–Crippen MR) is 124 cm³/mol. The summed E-state index contributed by atoms with van der Waals surface area (Å²) in [5, 5.41) is 7.97. The molecular weight excluding hydrogens is 426 g/mol. The molecule has 0 unspecified atom stereocenters. The van der Waals surface area contributed by atoms with Gasteiger partial charge in [0.15, 0.2) is 5.13 Å². The van der Waals surface area contributed by atoms with E-state index in [0.717, 1.165) is 35.7 Å². The maximum Gasteiger partial charge on any atom is 0.243 e. The van der Waals surface area contributed by atoms with Crippen molar-refractivity contribution in [3.8, 4) is 5.69 Å². The van der Waals surface area contributed by atoms with Gasteiger partial charge in [0.05, 0.1) is 22.8 Å². The van der Waals surface area contributed by atoms with Crippen LogP contribution in [0.2, 0.25) is 0 Å². The minimum absolute atomic E-state index is 0.0467. The van der Waals surface area contributed by atoms with Gasteiger partial charge in [-0.05, 0) is 44.0 Å². The van der Waals surface area contributed by atoms with Crippen molar-refractivity contribution >= 4 is 39.8 Å². The molecule has 5 rings (SSSR count). The molecule has 0 N–H and O–H groups in total. The molecule has 1 aliphatic carbocycles. The maximum atomic E-state index is 13.2. The summed E-state index contributed by atoms with van der Waals surface area (Å²) in [6.07, 6.45) is 2.28. The Balaban J connectivity index is 1.38. The molecule has 4 aromatic rings. The van der Waals surface area contributed by atoms with Gasteiger partial charge in [-0.1, -0.05) is 48.2 Å². The highest BCUT2D eigenvalue weighted by Gasteiger charge is 2.31. The Morgan fingerprint density at radius 2 is 1.81 bits per heavy atom. The summed E-state index contributed by atoms with van der Waals surface area (Å²) >= 11 is 2.84. The van der Waals surface area contributed by atoms with Crippen molar-refractivity contribution in [1.29, 1.82) is 0 Å². The zero-order valence-corrected chi connectivity index (χ0v) is 18.6. The van der Waals surface area contributed by atoms with Crippen LogP contribution in [0.5, 0.6) is 0 Å². The van der Waals surface area contributed by atoms with Crippen molar-refractivity contribution in [1.82, 2.24) is 19.7 Å². The highest BCUT2D eigenvalue weighted by atomic mass is 32.2. The number of anilines is 2. The van der Waals surface area contributed by atoms with Gasteiger partial charge in [-0.15, -0.1) is 16.4 Å². The van der Waals surface area contributed by atoms with Crippen molar-refractivity contribution in [3.63, 3.8) is 0 Å². The Morgan fingerprint density at radius 3 is 2.45 bits per heavy atom. The van der Waals surface area contributed by atoms with Crippen molar-refractivity contribution in [2.24, 2.45) is 0 Å². The minimum atomic E-state index is -0.0467. The Bertz CT molecular complexity index is 1190. The number of nitrogens with zero attached hydrogens (tertiary/aromatic N) is 5. The summed E-state index contributed by atoms with van der Waals surface area (Å²) in [5.74, 6) is 1.62. The number of carbonyl (C=O) groups excluding carboxylic acids is 1. The van der Waals surface area contributed by atoms with Crippen LogP contribution in [-0.4, -0.2) is 31.4 Å². The molecule has 2 heterocycles. The average Bonchev–Trinajstić information content (AvgIpc) is 3.42. The lowest BCUT2D eigenvalue weighted by Crippen LogP contribution is -2.27. The molecule has 156 valence electrons. The smallest absolute Gasteiger partial charge is 0.243 e. The first-order valence-electron chi connectivity index (χ1n) is 10.1. The number of aromatic nitrogens is 4. The van der Waals surface area contributed by atoms with Gasteiger partial charge in [-0.2, -0.15) is 0 Å². The molecule has 31 heavy (non-hydrogen) atoms. The van der Waals surface area contributed by atoms with Crippen LogP contribution in [0.4, 0.5) is 10.8 Å². The maximum absolute atomic E-state index is 13.2. The zero-order chi connectivity index (χ0) is 21.2. The molecule has 1 amide bonds. The SMILES string of the molecule is Cc1csc(N(C(=O)CSc2nc(C3CC3)n(-c3ccccc3)n2)c2ccccc2)n1. The van der Waals surface area contributed by atoms with Crippen LogP contribution in [0.15, 0.2) is 71.2 Å². The third-order valence-corrected chi connectivity index (χ3v) is 6.71. The van der Waals surface area contributed by atoms with Gasteiger partial charge < -0.3 is 0 Å². The molecule has 0 spiro atoms. The molecule has 8 heteroatoms. The van der Waals surface area contributed by atoms with Crippen LogP contribution in [0.3, 0.4) is 0 Å². The number of benzene rings is 2. The van der Waals surface area contributed by atoms with Gasteiger partial charge in [0.2, 0.25) is 11.1 Å². The second-order valence-corrected chi connectivity index (χ2v) is 9.18. The van der Waals surface area contributed by atoms with E-state index in [4.69, 9.17) is 10.1 Å². The zero-order valence-electron chi connectivity index (χ0n) is 17.0. The Kier molecular flexibility index (Phi) is 5.57. The Morgan fingerprint density at radius 1 is 1.10 bits per heavy atom. The van der Waals surface area contributed by atoms with Crippen molar-refractivity contribution in [2.45, 2.75) is 30.8 Å². The fraction of sp³-hybridized carbons (Fsp3) is 0.217. The van der Waals surface area contributed by atoms with Crippen LogP contribution in [0, 0.1) is 6.92 Å². The highest BCUT2D eigenvalue weighted by molar-refractivity contribution is 7.99. The molecule has 1 fully saturated rings. The van der Waals surface area contributed by atoms with Crippen LogP contribution >= 0.6 is 23.1 Å². The van der Waals surface area contributed by atoms with E-state index in [9.17, 15) is 4.79 Å². The Labute approximate surface area is 189 Å². The predicted octanol–water partition coefficient (Wildman–Crippen LogP) is 5.37. The number of thioether (sulfide) groups is 1. The number of aryl methyl sites for hydroxylation is 1. The van der Waals surface area contributed by atoms with E-state index in [1.165, 1.54) is 23.1 Å². The number of amides is 1. The number of hydrogen-bond donors (Lipinski definition) is 0. The normalized spacial score (nSPS) is 13.3. The van der Waals surface area contributed by atoms with Gasteiger partial charge in [-0.25, -0.2) is 14.6 Å². The molecule has 0 aliphatic heterocycles. The summed E-state index contributed by atoms with van der Waals surface area (Å²) < 4.78 is 1.92. The number of hydrogen-bond acceptors (Lipinski definition) is 6. The lowest BCUT2D eigenvalue weighted by molar-refractivity contribution is -0.115. The fourth-order valence-electron chi connectivity index (χ4n) is 3.30. The standard InChI is InChI=1S/C23H21N5OS2/c1-16-14-31-23(24-16)27(18-8-4-2-5-9-18)20(29)15-30-22-25-21(17-12-13-17)28(26-22)19-10-6-3-7-11-19/h2-11,14,17H,12-13,15H2,1H3. The third-order valence-electron chi connectivity index (χ3n) is 4.94. The largest absolute Gasteiger partial charge is 0.273 e. The highest BCUT2D eigenvalue weighted by Crippen LogP contribution is 2.40. The number of thiazole rings is 1. The summed E-state index contributed by atoms with van der Waals surface area (Å²) in [6, 6.07) is 19.7. The van der Waals surface area contributed by atoms with Crippen molar-refractivity contribution in [2.75, 3.05) is 10.7 Å². The minimum Gasteiger partial charge on any atom is -0.273 e. The van der Waals surface area contributed by atoms with E-state index < -0.39 is 0 Å². The van der Waals surface area contributed by atoms with E-state index >= 15 is 0 Å². The molecule has 2 aromatic heterocycles. The van der Waals surface area contributed by atoms with E-state index in [1.807, 2.05) is 77.6 Å². The summed E-state index contributed by atoms with van der Waals surface area (Å²) in [4.78, 5) is 24.2. The summed E-state index contributed by atoms with van der Waals surface area (Å²) in [5.41, 5.74) is 2.71. The number of rotatable bonds is 7. The molecule has 0 radical (unpaired) electrons. The van der Waals surface area contributed by atoms with Crippen LogP contribution < -0.4 is 4.90 Å². The summed E-state index contributed by atoms with van der Waals surface area (Å²) in [7, 11) is 0. The second kappa shape index (κ2) is 8.64. The lowest BCUT2D eigenvalue weighted by Gasteiger charge is -2.19. The van der Waals surface area contributed by atoms with E-state index in [-0.39, 0.29) is 11.7 Å². The molecular formula is C23H21N5OS2. The van der Waals surface area contributed by atoms with Crippen LogP contribution in [-0.2, 0) is 4.79 Å². The van der Waals surface area contributed by atoms with E-state index in [2.05, 4.69) is 4.98 Å². The molecule has 2 aromatic carbocycles. The van der Waals surface area contributed by atoms with Gasteiger partial charge in [-0.3, -0.25) is 9.69 Å². The quantitative estimate of drug-likeness (QED) is 0.357. The monoisotopic (exact) mass is 447 g/mol.